The maximum absolute atomic E-state index is 14.1. The first kappa shape index (κ1) is 11.4. The number of H-pyrrole nitrogens is 1. The highest BCUT2D eigenvalue weighted by molar-refractivity contribution is 7.13. The van der Waals surface area contributed by atoms with Crippen LogP contribution < -0.4 is 5.49 Å². The molecule has 0 fully saturated rings. The first-order valence-electron chi connectivity index (χ1n) is 5.31. The molecule has 0 bridgehead atoms. The fourth-order valence-corrected chi connectivity index (χ4v) is 3.23. The SMILES string of the molecule is N=c1[nH]c(-c2cccs2)c(F)cc1-c1cccs1. The molecule has 3 aromatic heterocycles. The average Bonchev–Trinajstić information content (AvgIpc) is 3.02. The first-order chi connectivity index (χ1) is 8.75. The fraction of sp³-hybridized carbons (Fsp3) is 0. The van der Waals surface area contributed by atoms with Crippen molar-refractivity contribution in [2.45, 2.75) is 0 Å². The zero-order chi connectivity index (χ0) is 12.5. The van der Waals surface area contributed by atoms with Crippen molar-refractivity contribution in [3.05, 3.63) is 52.4 Å². The lowest BCUT2D eigenvalue weighted by atomic mass is 10.2. The summed E-state index contributed by atoms with van der Waals surface area (Å²) in [5.41, 5.74) is 1.22. The molecule has 0 aliphatic rings. The van der Waals surface area contributed by atoms with Crippen molar-refractivity contribution >= 4 is 22.7 Å². The zero-order valence-corrected chi connectivity index (χ0v) is 10.9. The van der Waals surface area contributed by atoms with Crippen LogP contribution in [0, 0.1) is 11.2 Å². The van der Waals surface area contributed by atoms with Gasteiger partial charge >= 0.3 is 0 Å². The highest BCUT2D eigenvalue weighted by Gasteiger charge is 2.11. The molecule has 0 spiro atoms. The Morgan fingerprint density at radius 3 is 2.33 bits per heavy atom. The summed E-state index contributed by atoms with van der Waals surface area (Å²) in [6.45, 7) is 0. The molecule has 0 aliphatic carbocycles. The van der Waals surface area contributed by atoms with Crippen LogP contribution in [-0.4, -0.2) is 4.98 Å². The molecule has 3 rings (SSSR count). The van der Waals surface area contributed by atoms with E-state index in [1.807, 2.05) is 35.0 Å². The number of hydrogen-bond donors (Lipinski definition) is 2. The van der Waals surface area contributed by atoms with Crippen LogP contribution in [0.5, 0.6) is 0 Å². The molecule has 3 aromatic rings. The van der Waals surface area contributed by atoms with Crippen molar-refractivity contribution in [1.29, 1.82) is 5.41 Å². The molecule has 3 heterocycles. The lowest BCUT2D eigenvalue weighted by Gasteiger charge is -2.04. The predicted molar refractivity (Wildman–Crippen MR) is 73.2 cm³/mol. The first-order valence-corrected chi connectivity index (χ1v) is 7.07. The minimum absolute atomic E-state index is 0.238. The van der Waals surface area contributed by atoms with Gasteiger partial charge in [-0.2, -0.15) is 0 Å². The molecule has 5 heteroatoms. The molecule has 0 amide bonds. The number of halogens is 1. The summed E-state index contributed by atoms with van der Waals surface area (Å²) in [5.74, 6) is -0.322. The lowest BCUT2D eigenvalue weighted by molar-refractivity contribution is 0.625. The minimum Gasteiger partial charge on any atom is -0.337 e. The summed E-state index contributed by atoms with van der Waals surface area (Å²) in [7, 11) is 0. The van der Waals surface area contributed by atoms with E-state index in [0.717, 1.165) is 9.75 Å². The van der Waals surface area contributed by atoms with Gasteiger partial charge in [-0.15, -0.1) is 22.7 Å². The second-order valence-electron chi connectivity index (χ2n) is 3.74. The summed E-state index contributed by atoms with van der Waals surface area (Å²) in [6.07, 6.45) is 0. The van der Waals surface area contributed by atoms with Crippen LogP contribution in [0.15, 0.2) is 41.1 Å². The monoisotopic (exact) mass is 276 g/mol. The zero-order valence-electron chi connectivity index (χ0n) is 9.24. The third-order valence-corrected chi connectivity index (χ3v) is 4.37. The van der Waals surface area contributed by atoms with Gasteiger partial charge in [0.25, 0.3) is 0 Å². The van der Waals surface area contributed by atoms with Crippen LogP contribution in [0.2, 0.25) is 0 Å². The molecule has 0 saturated carbocycles. The van der Waals surface area contributed by atoms with Crippen LogP contribution >= 0.6 is 22.7 Å². The maximum atomic E-state index is 14.1. The van der Waals surface area contributed by atoms with E-state index < -0.39 is 0 Å². The van der Waals surface area contributed by atoms with Gasteiger partial charge in [0.15, 0.2) is 0 Å². The van der Waals surface area contributed by atoms with Crippen molar-refractivity contribution in [1.82, 2.24) is 4.98 Å². The molecule has 0 saturated heterocycles. The normalized spacial score (nSPS) is 10.7. The van der Waals surface area contributed by atoms with Gasteiger partial charge in [-0.1, -0.05) is 12.1 Å². The molecule has 0 aromatic carbocycles. The highest BCUT2D eigenvalue weighted by atomic mass is 32.1. The molecule has 18 heavy (non-hydrogen) atoms. The van der Waals surface area contributed by atoms with Crippen molar-refractivity contribution in [3.63, 3.8) is 0 Å². The Bertz CT molecular complexity index is 712. The summed E-state index contributed by atoms with van der Waals surface area (Å²) < 4.78 is 14.1. The molecule has 0 aliphatic heterocycles. The van der Waals surface area contributed by atoms with Gasteiger partial charge in [0.05, 0.1) is 10.6 Å². The summed E-state index contributed by atoms with van der Waals surface area (Å²) in [4.78, 5) is 4.54. The lowest BCUT2D eigenvalue weighted by Crippen LogP contribution is -2.11. The summed E-state index contributed by atoms with van der Waals surface area (Å²) in [5, 5.41) is 11.8. The van der Waals surface area contributed by atoms with E-state index in [0.29, 0.717) is 11.3 Å². The Morgan fingerprint density at radius 1 is 1.06 bits per heavy atom. The molecule has 2 N–H and O–H groups in total. The van der Waals surface area contributed by atoms with Crippen molar-refractivity contribution in [2.24, 2.45) is 0 Å². The molecule has 2 nitrogen and oxygen atoms in total. The number of nitrogens with one attached hydrogen (secondary N) is 2. The molecular formula is C13H9FN2S2. The fourth-order valence-electron chi connectivity index (χ4n) is 1.75. The van der Waals surface area contributed by atoms with E-state index in [9.17, 15) is 4.39 Å². The Morgan fingerprint density at radius 2 is 1.72 bits per heavy atom. The van der Waals surface area contributed by atoms with E-state index in [1.54, 1.807) is 0 Å². The van der Waals surface area contributed by atoms with Gasteiger partial charge in [-0.25, -0.2) is 4.39 Å². The number of hydrogen-bond acceptors (Lipinski definition) is 3. The quantitative estimate of drug-likeness (QED) is 0.708. The molecular weight excluding hydrogens is 267 g/mol. The Labute approximate surface area is 111 Å². The molecule has 0 atom stereocenters. The van der Waals surface area contributed by atoms with Crippen molar-refractivity contribution in [2.75, 3.05) is 0 Å². The second-order valence-corrected chi connectivity index (χ2v) is 5.63. The highest BCUT2D eigenvalue weighted by Crippen LogP contribution is 2.27. The number of aromatic amines is 1. The molecule has 0 radical (unpaired) electrons. The standard InChI is InChI=1S/C13H9FN2S2/c14-9-7-8(10-3-1-5-17-10)13(15)16-12(9)11-4-2-6-18-11/h1-7H,(H2,15,16). The average molecular weight is 276 g/mol. The topological polar surface area (TPSA) is 39.6 Å². The Kier molecular flexibility index (Phi) is 2.85. The van der Waals surface area contributed by atoms with E-state index in [1.165, 1.54) is 28.7 Å². The van der Waals surface area contributed by atoms with Gasteiger partial charge in [-0.3, -0.25) is 5.41 Å². The number of pyridine rings is 1. The minimum atomic E-state index is -0.322. The largest absolute Gasteiger partial charge is 0.337 e. The van der Waals surface area contributed by atoms with E-state index >= 15 is 0 Å². The van der Waals surface area contributed by atoms with Gasteiger partial charge < -0.3 is 4.98 Å². The van der Waals surface area contributed by atoms with Gasteiger partial charge in [0, 0.05) is 10.4 Å². The third kappa shape index (κ3) is 1.91. The van der Waals surface area contributed by atoms with Gasteiger partial charge in [0.1, 0.15) is 11.3 Å². The van der Waals surface area contributed by atoms with E-state index in [2.05, 4.69) is 4.98 Å². The smallest absolute Gasteiger partial charge is 0.148 e. The van der Waals surface area contributed by atoms with Gasteiger partial charge in [-0.05, 0) is 29.0 Å². The van der Waals surface area contributed by atoms with Crippen LogP contribution in [0.1, 0.15) is 0 Å². The molecule has 90 valence electrons. The number of thiophene rings is 2. The van der Waals surface area contributed by atoms with Crippen LogP contribution in [0.3, 0.4) is 0 Å². The van der Waals surface area contributed by atoms with Crippen molar-refractivity contribution in [3.8, 4) is 21.0 Å². The predicted octanol–water partition coefficient (Wildman–Crippen LogP) is 4.09. The van der Waals surface area contributed by atoms with Crippen molar-refractivity contribution < 1.29 is 4.39 Å². The summed E-state index contributed by atoms with van der Waals surface area (Å²) in [6, 6.07) is 8.91. The summed E-state index contributed by atoms with van der Waals surface area (Å²) >= 11 is 2.95. The maximum Gasteiger partial charge on any atom is 0.148 e. The number of aromatic nitrogens is 1. The van der Waals surface area contributed by atoms with Crippen LogP contribution in [-0.2, 0) is 0 Å². The Hall–Kier alpha value is -1.72. The third-order valence-electron chi connectivity index (χ3n) is 2.58. The molecule has 0 unspecified atom stereocenters. The van der Waals surface area contributed by atoms with E-state index in [-0.39, 0.29) is 11.3 Å². The number of rotatable bonds is 2. The van der Waals surface area contributed by atoms with Crippen LogP contribution in [0.25, 0.3) is 21.0 Å². The van der Waals surface area contributed by atoms with Gasteiger partial charge in [0.2, 0.25) is 0 Å². The second kappa shape index (κ2) is 4.51. The van der Waals surface area contributed by atoms with Crippen LogP contribution in [0.4, 0.5) is 4.39 Å². The Balaban J connectivity index is 2.18. The van der Waals surface area contributed by atoms with E-state index in [4.69, 9.17) is 5.41 Å².